The number of hydrogen-bond acceptors (Lipinski definition) is 6. The smallest absolute Gasteiger partial charge is 0.239 e. The number of benzene rings is 1. The second kappa shape index (κ2) is 10.2. The van der Waals surface area contributed by atoms with Gasteiger partial charge in [0.25, 0.3) is 0 Å². The van der Waals surface area contributed by atoms with Crippen molar-refractivity contribution >= 4 is 11.7 Å². The number of halogens is 1. The zero-order valence-electron chi connectivity index (χ0n) is 20.8. The van der Waals surface area contributed by atoms with Crippen LogP contribution in [-0.4, -0.2) is 45.1 Å². The zero-order chi connectivity index (χ0) is 25.2. The average molecular weight is 491 g/mol. The minimum atomic E-state index is -0.349. The normalized spacial score (nSPS) is 18.9. The number of aromatic nitrogens is 3. The van der Waals surface area contributed by atoms with Gasteiger partial charge in [-0.25, -0.2) is 4.39 Å². The Bertz CT molecular complexity index is 1300. The summed E-state index contributed by atoms with van der Waals surface area (Å²) >= 11 is 0. The number of piperidine rings is 1. The van der Waals surface area contributed by atoms with Crippen molar-refractivity contribution in [2.45, 2.75) is 64.3 Å². The summed E-state index contributed by atoms with van der Waals surface area (Å²) in [4.78, 5) is 19.7. The summed E-state index contributed by atoms with van der Waals surface area (Å²) in [5.74, 6) is 1.03. The maximum atomic E-state index is 13.6. The Hall–Kier alpha value is -3.51. The van der Waals surface area contributed by atoms with Crippen molar-refractivity contribution in [3.8, 4) is 17.5 Å². The van der Waals surface area contributed by atoms with Gasteiger partial charge in [-0.1, -0.05) is 30.1 Å². The second-order valence-electron chi connectivity index (χ2n) is 9.94. The predicted octanol–water partition coefficient (Wildman–Crippen LogP) is 5.10. The molecule has 188 valence electrons. The Labute approximate surface area is 210 Å². The van der Waals surface area contributed by atoms with Gasteiger partial charge in [0.2, 0.25) is 17.6 Å². The van der Waals surface area contributed by atoms with Crippen molar-refractivity contribution < 1.29 is 13.7 Å². The highest BCUT2D eigenvalue weighted by Gasteiger charge is 2.30. The van der Waals surface area contributed by atoms with E-state index in [9.17, 15) is 14.4 Å². The van der Waals surface area contributed by atoms with Crippen LogP contribution in [0.2, 0.25) is 0 Å². The Balaban J connectivity index is 1.27. The first-order valence-corrected chi connectivity index (χ1v) is 12.7. The van der Waals surface area contributed by atoms with Crippen molar-refractivity contribution in [1.82, 2.24) is 19.6 Å². The molecule has 1 aliphatic heterocycles. The number of hydrogen-bond donors (Lipinski definition) is 1. The number of rotatable bonds is 6. The first kappa shape index (κ1) is 24.2. The summed E-state index contributed by atoms with van der Waals surface area (Å²) in [6.45, 7) is 5.61. The standard InChI is InChI=1S/C27H31FN6O2/c1-17-18(2)34(22-10-3-4-11-22)26(23(17)14-29)30-24(35)16-33-12-6-8-20(15-33)27-31-25(32-36-27)19-7-5-9-21(28)13-19/h5,7,9,13,20,22H,3-4,6,8,10-12,15-16H2,1-2H3,(H,30,35). The fourth-order valence-electron chi connectivity index (χ4n) is 5.63. The van der Waals surface area contributed by atoms with Crippen molar-refractivity contribution in [2.24, 2.45) is 0 Å². The van der Waals surface area contributed by atoms with Gasteiger partial charge in [0.1, 0.15) is 17.7 Å². The molecule has 0 spiro atoms. The van der Waals surface area contributed by atoms with Crippen LogP contribution in [0.5, 0.6) is 0 Å². The maximum Gasteiger partial charge on any atom is 0.239 e. The number of nitrogens with zero attached hydrogens (tertiary/aromatic N) is 5. The molecule has 1 N–H and O–H groups in total. The van der Waals surface area contributed by atoms with E-state index >= 15 is 0 Å². The van der Waals surface area contributed by atoms with Crippen LogP contribution in [0.15, 0.2) is 28.8 Å². The van der Waals surface area contributed by atoms with Crippen LogP contribution >= 0.6 is 0 Å². The molecule has 1 saturated carbocycles. The minimum absolute atomic E-state index is 0.00266. The van der Waals surface area contributed by atoms with Gasteiger partial charge < -0.3 is 14.4 Å². The largest absolute Gasteiger partial charge is 0.339 e. The van der Waals surface area contributed by atoms with Crippen LogP contribution in [-0.2, 0) is 4.79 Å². The number of anilines is 1. The maximum absolute atomic E-state index is 13.6. The molecule has 0 radical (unpaired) electrons. The van der Waals surface area contributed by atoms with Crippen LogP contribution in [0.3, 0.4) is 0 Å². The fourth-order valence-corrected chi connectivity index (χ4v) is 5.63. The molecule has 1 aromatic carbocycles. The van der Waals surface area contributed by atoms with Crippen LogP contribution < -0.4 is 5.32 Å². The quantitative estimate of drug-likeness (QED) is 0.516. The van der Waals surface area contributed by atoms with Crippen molar-refractivity contribution in [1.29, 1.82) is 5.26 Å². The zero-order valence-corrected chi connectivity index (χ0v) is 20.8. The van der Waals surface area contributed by atoms with Crippen LogP contribution in [0.4, 0.5) is 10.2 Å². The molecule has 1 aliphatic carbocycles. The van der Waals surface area contributed by atoms with E-state index in [0.29, 0.717) is 41.2 Å². The molecular formula is C27H31FN6O2. The lowest BCUT2D eigenvalue weighted by molar-refractivity contribution is -0.117. The van der Waals surface area contributed by atoms with E-state index in [1.165, 1.54) is 25.0 Å². The van der Waals surface area contributed by atoms with E-state index in [4.69, 9.17) is 4.52 Å². The highest BCUT2D eigenvalue weighted by Crippen LogP contribution is 2.37. The van der Waals surface area contributed by atoms with Crippen LogP contribution in [0, 0.1) is 31.0 Å². The summed E-state index contributed by atoms with van der Waals surface area (Å²) in [5, 5.41) is 16.9. The molecule has 1 atom stereocenters. The molecular weight excluding hydrogens is 459 g/mol. The molecule has 1 amide bonds. The summed E-state index contributed by atoms with van der Waals surface area (Å²) in [5.41, 5.74) is 3.11. The lowest BCUT2D eigenvalue weighted by Crippen LogP contribution is -2.40. The van der Waals surface area contributed by atoms with Gasteiger partial charge in [0, 0.05) is 23.8 Å². The van der Waals surface area contributed by atoms with Crippen molar-refractivity contribution in [2.75, 3.05) is 25.0 Å². The summed E-state index contributed by atoms with van der Waals surface area (Å²) in [6, 6.07) is 8.75. The Morgan fingerprint density at radius 3 is 2.81 bits per heavy atom. The molecule has 2 aliphatic rings. The van der Waals surface area contributed by atoms with Crippen LogP contribution in [0.1, 0.15) is 73.2 Å². The lowest BCUT2D eigenvalue weighted by Gasteiger charge is -2.30. The van der Waals surface area contributed by atoms with Crippen molar-refractivity contribution in [3.05, 3.63) is 52.8 Å². The fraction of sp³-hybridized carbons (Fsp3) is 0.481. The molecule has 5 rings (SSSR count). The Morgan fingerprint density at radius 1 is 1.25 bits per heavy atom. The molecule has 2 aromatic heterocycles. The van der Waals surface area contributed by atoms with Gasteiger partial charge in [0.05, 0.1) is 18.0 Å². The highest BCUT2D eigenvalue weighted by atomic mass is 19.1. The number of nitriles is 1. The number of amides is 1. The van der Waals surface area contributed by atoms with Gasteiger partial charge >= 0.3 is 0 Å². The summed E-state index contributed by atoms with van der Waals surface area (Å²) < 4.78 is 21.3. The van der Waals surface area contributed by atoms with Gasteiger partial charge in [0.15, 0.2) is 0 Å². The molecule has 0 bridgehead atoms. The predicted molar refractivity (Wildman–Crippen MR) is 133 cm³/mol. The van der Waals surface area contributed by atoms with E-state index in [2.05, 4.69) is 31.0 Å². The molecule has 8 nitrogen and oxygen atoms in total. The van der Waals surface area contributed by atoms with E-state index in [1.807, 2.05) is 13.8 Å². The molecule has 36 heavy (non-hydrogen) atoms. The molecule has 2 fully saturated rings. The SMILES string of the molecule is Cc1c(C#N)c(NC(=O)CN2CCCC(c3nc(-c4cccc(F)c4)no3)C2)n(C2CCCC2)c1C. The van der Waals surface area contributed by atoms with Gasteiger partial charge in [-0.2, -0.15) is 10.2 Å². The highest BCUT2D eigenvalue weighted by molar-refractivity contribution is 5.93. The van der Waals surface area contributed by atoms with Gasteiger partial charge in [-0.15, -0.1) is 0 Å². The van der Waals surface area contributed by atoms with E-state index in [0.717, 1.165) is 43.5 Å². The van der Waals surface area contributed by atoms with E-state index < -0.39 is 0 Å². The van der Waals surface area contributed by atoms with E-state index in [1.54, 1.807) is 12.1 Å². The lowest BCUT2D eigenvalue weighted by atomic mass is 9.98. The summed E-state index contributed by atoms with van der Waals surface area (Å²) in [7, 11) is 0. The molecule has 9 heteroatoms. The Morgan fingerprint density at radius 2 is 2.06 bits per heavy atom. The third-order valence-electron chi connectivity index (χ3n) is 7.56. The van der Waals surface area contributed by atoms with Crippen LogP contribution in [0.25, 0.3) is 11.4 Å². The third kappa shape index (κ3) is 4.78. The number of carbonyl (C=O) groups excluding carboxylic acids is 1. The molecule has 1 saturated heterocycles. The van der Waals surface area contributed by atoms with Gasteiger partial charge in [-0.3, -0.25) is 9.69 Å². The summed E-state index contributed by atoms with van der Waals surface area (Å²) in [6.07, 6.45) is 6.25. The molecule has 1 unspecified atom stereocenters. The Kier molecular flexibility index (Phi) is 6.88. The monoisotopic (exact) mass is 490 g/mol. The number of carbonyl (C=O) groups is 1. The average Bonchev–Trinajstić information content (AvgIpc) is 3.61. The molecule has 3 aromatic rings. The first-order valence-electron chi connectivity index (χ1n) is 12.7. The van der Waals surface area contributed by atoms with Gasteiger partial charge in [-0.05, 0) is 63.8 Å². The number of nitrogens with one attached hydrogen (secondary N) is 1. The molecule has 3 heterocycles. The topological polar surface area (TPSA) is 100.0 Å². The second-order valence-corrected chi connectivity index (χ2v) is 9.94. The third-order valence-corrected chi connectivity index (χ3v) is 7.56. The van der Waals surface area contributed by atoms with E-state index in [-0.39, 0.29) is 24.2 Å². The first-order chi connectivity index (χ1) is 17.4. The minimum Gasteiger partial charge on any atom is -0.339 e. The van der Waals surface area contributed by atoms with Crippen molar-refractivity contribution in [3.63, 3.8) is 0 Å². The number of likely N-dealkylation sites (tertiary alicyclic amines) is 1.